The molecule has 1 aliphatic heterocycles. The minimum absolute atomic E-state index is 0.0612. The molecule has 4 atom stereocenters. The number of nitrogens with two attached hydrogens (primary N) is 1. The molecular weight excluding hydrogens is 402 g/mol. The fourth-order valence-electron chi connectivity index (χ4n) is 6.52. The van der Waals surface area contributed by atoms with Crippen LogP contribution in [0.5, 0.6) is 0 Å². The Morgan fingerprint density at radius 1 is 1.25 bits per heavy atom. The summed E-state index contributed by atoms with van der Waals surface area (Å²) in [5, 5.41) is 3.19. The standard InChI is InChI=1S/C25H35N5O2/c1-25(2)17-9-8-16(20(25)11-17)14-27-24(32)21-6-3-7-22-28-18(15-30(21)22)12-23(31)29-10-4-5-19(29)13-26/h3,6-7,15-17,19-20H,4-5,8-14,26H2,1-2H3,(H,27,32)/t16-,17+,19-,20+/m0/s1. The number of likely N-dealkylation sites (tertiary alicyclic amines) is 1. The first-order valence-corrected chi connectivity index (χ1v) is 12.1. The van der Waals surface area contributed by atoms with E-state index in [1.807, 2.05) is 33.7 Å². The van der Waals surface area contributed by atoms with Crippen LogP contribution in [0.1, 0.15) is 62.1 Å². The van der Waals surface area contributed by atoms with Crippen molar-refractivity contribution in [3.8, 4) is 0 Å². The third-order valence-corrected chi connectivity index (χ3v) is 8.60. The smallest absolute Gasteiger partial charge is 0.268 e. The molecule has 32 heavy (non-hydrogen) atoms. The van der Waals surface area contributed by atoms with E-state index in [2.05, 4.69) is 24.1 Å². The SMILES string of the molecule is CC1(C)[C@@H]2CC[C@@H](CNC(=O)c3cccc4nc(CC(=O)N5CCC[C@H]5CN)cn34)[C@H]1C2. The highest BCUT2D eigenvalue weighted by molar-refractivity contribution is 5.93. The Kier molecular flexibility index (Phi) is 5.48. The zero-order valence-electron chi connectivity index (χ0n) is 19.2. The molecule has 6 rings (SSSR count). The predicted molar refractivity (Wildman–Crippen MR) is 123 cm³/mol. The van der Waals surface area contributed by atoms with Crippen molar-refractivity contribution in [1.82, 2.24) is 19.6 Å². The molecule has 3 heterocycles. The molecule has 2 aromatic rings. The van der Waals surface area contributed by atoms with E-state index in [1.165, 1.54) is 19.3 Å². The highest BCUT2D eigenvalue weighted by atomic mass is 16.2. The van der Waals surface area contributed by atoms with E-state index >= 15 is 0 Å². The van der Waals surface area contributed by atoms with E-state index < -0.39 is 0 Å². The summed E-state index contributed by atoms with van der Waals surface area (Å²) in [6, 6.07) is 5.69. The average molecular weight is 438 g/mol. The van der Waals surface area contributed by atoms with Gasteiger partial charge in [-0.25, -0.2) is 4.98 Å². The van der Waals surface area contributed by atoms with Crippen molar-refractivity contribution in [3.63, 3.8) is 0 Å². The molecule has 0 radical (unpaired) electrons. The minimum atomic E-state index is -0.0760. The molecule has 3 saturated carbocycles. The maximum Gasteiger partial charge on any atom is 0.268 e. The second-order valence-electron chi connectivity index (χ2n) is 10.6. The Morgan fingerprint density at radius 3 is 2.84 bits per heavy atom. The van der Waals surface area contributed by atoms with E-state index in [0.29, 0.717) is 40.8 Å². The Balaban J connectivity index is 1.27. The third-order valence-electron chi connectivity index (χ3n) is 8.60. The quantitative estimate of drug-likeness (QED) is 0.727. The van der Waals surface area contributed by atoms with E-state index in [0.717, 1.165) is 31.8 Å². The number of nitrogens with zero attached hydrogens (tertiary/aromatic N) is 3. The largest absolute Gasteiger partial charge is 0.350 e. The van der Waals surface area contributed by atoms with Gasteiger partial charge < -0.3 is 16.0 Å². The molecular formula is C25H35N5O2. The van der Waals surface area contributed by atoms with Gasteiger partial charge in [-0.05, 0) is 67.4 Å². The molecule has 1 saturated heterocycles. The lowest BCUT2D eigenvalue weighted by Gasteiger charge is -2.60. The van der Waals surface area contributed by atoms with Gasteiger partial charge in [-0.2, -0.15) is 0 Å². The number of rotatable bonds is 6. The molecule has 0 aromatic carbocycles. The number of pyridine rings is 1. The number of amides is 2. The van der Waals surface area contributed by atoms with Crippen LogP contribution in [0.4, 0.5) is 0 Å². The molecule has 4 aliphatic rings. The summed E-state index contributed by atoms with van der Waals surface area (Å²) in [6.45, 7) is 6.76. The van der Waals surface area contributed by atoms with Crippen molar-refractivity contribution in [1.29, 1.82) is 0 Å². The Morgan fingerprint density at radius 2 is 2.09 bits per heavy atom. The molecule has 4 fully saturated rings. The Labute approximate surface area is 189 Å². The first-order valence-electron chi connectivity index (χ1n) is 12.1. The lowest BCUT2D eigenvalue weighted by molar-refractivity contribution is -0.131. The lowest BCUT2D eigenvalue weighted by Crippen LogP contribution is -2.54. The van der Waals surface area contributed by atoms with E-state index in [4.69, 9.17) is 5.73 Å². The van der Waals surface area contributed by atoms with Crippen LogP contribution < -0.4 is 11.1 Å². The minimum Gasteiger partial charge on any atom is -0.350 e. The molecule has 0 unspecified atom stereocenters. The molecule has 2 bridgehead atoms. The number of carbonyl (C=O) groups is 2. The average Bonchev–Trinajstić information content (AvgIpc) is 3.43. The molecule has 7 heteroatoms. The van der Waals surface area contributed by atoms with Gasteiger partial charge in [0, 0.05) is 31.9 Å². The second-order valence-corrected chi connectivity index (χ2v) is 10.6. The number of carbonyl (C=O) groups excluding carboxylic acids is 2. The van der Waals surface area contributed by atoms with Crippen LogP contribution >= 0.6 is 0 Å². The van der Waals surface area contributed by atoms with Gasteiger partial charge in [-0.1, -0.05) is 19.9 Å². The van der Waals surface area contributed by atoms with Gasteiger partial charge in [0.2, 0.25) is 5.91 Å². The summed E-state index contributed by atoms with van der Waals surface area (Å²) in [5.74, 6) is 2.12. The van der Waals surface area contributed by atoms with Gasteiger partial charge in [0.15, 0.2) is 0 Å². The first-order chi connectivity index (χ1) is 15.4. The topological polar surface area (TPSA) is 92.7 Å². The molecule has 3 aliphatic carbocycles. The van der Waals surface area contributed by atoms with Crippen molar-refractivity contribution in [3.05, 3.63) is 35.8 Å². The summed E-state index contributed by atoms with van der Waals surface area (Å²) in [5.41, 5.74) is 8.18. The fraction of sp³-hybridized carbons (Fsp3) is 0.640. The van der Waals surface area contributed by atoms with Crippen LogP contribution in [0.3, 0.4) is 0 Å². The number of fused-ring (bicyclic) bond motifs is 3. The third kappa shape index (κ3) is 3.60. The zero-order valence-corrected chi connectivity index (χ0v) is 19.2. The van der Waals surface area contributed by atoms with Crippen molar-refractivity contribution in [2.24, 2.45) is 28.9 Å². The lowest BCUT2D eigenvalue weighted by atomic mass is 9.45. The van der Waals surface area contributed by atoms with Crippen molar-refractivity contribution < 1.29 is 9.59 Å². The van der Waals surface area contributed by atoms with Gasteiger partial charge in [-0.3, -0.25) is 14.0 Å². The molecule has 172 valence electrons. The highest BCUT2D eigenvalue weighted by Gasteiger charge is 2.53. The maximum atomic E-state index is 13.1. The summed E-state index contributed by atoms with van der Waals surface area (Å²) in [7, 11) is 0. The molecule has 3 N–H and O–H groups in total. The monoisotopic (exact) mass is 437 g/mol. The van der Waals surface area contributed by atoms with Crippen molar-refractivity contribution >= 4 is 17.5 Å². The Hall–Kier alpha value is -2.41. The summed E-state index contributed by atoms with van der Waals surface area (Å²) >= 11 is 0. The van der Waals surface area contributed by atoms with Crippen molar-refractivity contribution in [2.45, 2.75) is 58.4 Å². The van der Waals surface area contributed by atoms with E-state index in [1.54, 1.807) is 0 Å². The summed E-state index contributed by atoms with van der Waals surface area (Å²) in [4.78, 5) is 32.3. The summed E-state index contributed by atoms with van der Waals surface area (Å²) < 4.78 is 1.81. The van der Waals surface area contributed by atoms with Gasteiger partial charge in [-0.15, -0.1) is 0 Å². The molecule has 7 nitrogen and oxygen atoms in total. The maximum absolute atomic E-state index is 13.1. The number of nitrogens with one attached hydrogen (secondary N) is 1. The number of aromatic nitrogens is 2. The normalized spacial score (nSPS) is 28.5. The molecule has 2 amide bonds. The second kappa shape index (κ2) is 8.18. The van der Waals surface area contributed by atoms with Crippen LogP contribution in [-0.4, -0.2) is 51.8 Å². The zero-order chi connectivity index (χ0) is 22.5. The van der Waals surface area contributed by atoms with Crippen molar-refractivity contribution in [2.75, 3.05) is 19.6 Å². The van der Waals surface area contributed by atoms with Gasteiger partial charge in [0.1, 0.15) is 11.3 Å². The first kappa shape index (κ1) is 21.4. The summed E-state index contributed by atoms with van der Waals surface area (Å²) in [6.07, 6.45) is 7.83. The number of hydrogen-bond donors (Lipinski definition) is 2. The molecule has 2 aromatic heterocycles. The van der Waals surface area contributed by atoms with Gasteiger partial charge >= 0.3 is 0 Å². The van der Waals surface area contributed by atoms with Crippen LogP contribution in [0.25, 0.3) is 5.65 Å². The van der Waals surface area contributed by atoms with Crippen LogP contribution in [0.2, 0.25) is 0 Å². The van der Waals surface area contributed by atoms with E-state index in [-0.39, 0.29) is 24.3 Å². The highest BCUT2D eigenvalue weighted by Crippen LogP contribution is 2.61. The number of imidazole rings is 1. The fourth-order valence-corrected chi connectivity index (χ4v) is 6.52. The predicted octanol–water partition coefficient (Wildman–Crippen LogP) is 2.63. The van der Waals surface area contributed by atoms with Crippen LogP contribution in [-0.2, 0) is 11.2 Å². The van der Waals surface area contributed by atoms with Crippen LogP contribution in [0, 0.1) is 23.2 Å². The Bertz CT molecular complexity index is 1030. The van der Waals surface area contributed by atoms with Crippen LogP contribution in [0.15, 0.2) is 24.4 Å². The van der Waals surface area contributed by atoms with Gasteiger partial charge in [0.25, 0.3) is 5.91 Å². The number of hydrogen-bond acceptors (Lipinski definition) is 4. The van der Waals surface area contributed by atoms with Gasteiger partial charge in [0.05, 0.1) is 12.1 Å². The van der Waals surface area contributed by atoms with E-state index in [9.17, 15) is 9.59 Å². The molecule has 0 spiro atoms.